The Balaban J connectivity index is 1.55. The van der Waals surface area contributed by atoms with Crippen LogP contribution >= 0.6 is 0 Å². The highest BCUT2D eigenvalue weighted by molar-refractivity contribution is 5.91. The summed E-state index contributed by atoms with van der Waals surface area (Å²) in [5.41, 5.74) is 1.27. The van der Waals surface area contributed by atoms with Crippen LogP contribution in [0.2, 0.25) is 0 Å². The third-order valence-electron chi connectivity index (χ3n) is 4.21. The van der Waals surface area contributed by atoms with Gasteiger partial charge in [0.15, 0.2) is 0 Å². The van der Waals surface area contributed by atoms with Crippen LogP contribution < -0.4 is 5.32 Å². The van der Waals surface area contributed by atoms with Gasteiger partial charge in [0.1, 0.15) is 5.82 Å². The van der Waals surface area contributed by atoms with Gasteiger partial charge in [-0.1, -0.05) is 11.6 Å². The van der Waals surface area contributed by atoms with Gasteiger partial charge in [-0.05, 0) is 32.1 Å². The van der Waals surface area contributed by atoms with Gasteiger partial charge in [0, 0.05) is 31.6 Å². The van der Waals surface area contributed by atoms with Gasteiger partial charge in [-0.3, -0.25) is 4.79 Å². The lowest BCUT2D eigenvalue weighted by Gasteiger charge is -2.14. The fourth-order valence-corrected chi connectivity index (χ4v) is 3.01. The molecule has 1 aromatic rings. The quantitative estimate of drug-likeness (QED) is 0.848. The lowest BCUT2D eigenvalue weighted by atomic mass is 9.97. The van der Waals surface area contributed by atoms with Gasteiger partial charge in [-0.15, -0.1) is 0 Å². The zero-order chi connectivity index (χ0) is 14.5. The Labute approximate surface area is 125 Å². The molecule has 1 aliphatic heterocycles. The SMILES string of the molecule is O=C(CC1=CCCCC1)Nc1ccnn1C[C@@H]1CCOC1. The minimum absolute atomic E-state index is 0.0626. The smallest absolute Gasteiger partial charge is 0.229 e. The van der Waals surface area contributed by atoms with E-state index in [9.17, 15) is 4.79 Å². The molecule has 1 saturated heterocycles. The van der Waals surface area contributed by atoms with E-state index in [-0.39, 0.29) is 5.91 Å². The summed E-state index contributed by atoms with van der Waals surface area (Å²) in [4.78, 5) is 12.2. The van der Waals surface area contributed by atoms with E-state index in [0.29, 0.717) is 12.3 Å². The lowest BCUT2D eigenvalue weighted by Crippen LogP contribution is -2.19. The molecule has 3 rings (SSSR count). The van der Waals surface area contributed by atoms with E-state index in [1.165, 1.54) is 18.4 Å². The standard InChI is InChI=1S/C16H23N3O2/c20-16(10-13-4-2-1-3-5-13)18-15-6-8-17-19(15)11-14-7-9-21-12-14/h4,6,8,14H,1-3,5,7,9-12H2,(H,18,20)/t14-/m0/s1. The van der Waals surface area contributed by atoms with Crippen molar-refractivity contribution in [2.75, 3.05) is 18.5 Å². The number of hydrogen-bond acceptors (Lipinski definition) is 3. The molecule has 1 amide bonds. The molecule has 1 aromatic heterocycles. The second-order valence-electron chi connectivity index (χ2n) is 5.96. The first-order valence-electron chi connectivity index (χ1n) is 7.88. The van der Waals surface area contributed by atoms with Crippen LogP contribution in [0.4, 0.5) is 5.82 Å². The summed E-state index contributed by atoms with van der Waals surface area (Å²) in [5, 5.41) is 7.30. The van der Waals surface area contributed by atoms with Gasteiger partial charge in [-0.2, -0.15) is 5.10 Å². The first kappa shape index (κ1) is 14.3. The number of anilines is 1. The summed E-state index contributed by atoms with van der Waals surface area (Å²) in [6, 6.07) is 1.86. The van der Waals surface area contributed by atoms with Gasteiger partial charge in [0.25, 0.3) is 0 Å². The molecule has 1 atom stereocenters. The normalized spacial score (nSPS) is 22.1. The van der Waals surface area contributed by atoms with Crippen LogP contribution in [0.5, 0.6) is 0 Å². The monoisotopic (exact) mass is 289 g/mol. The van der Waals surface area contributed by atoms with Gasteiger partial charge in [0.05, 0.1) is 12.8 Å². The Morgan fingerprint density at radius 1 is 1.48 bits per heavy atom. The molecular weight excluding hydrogens is 266 g/mol. The summed E-state index contributed by atoms with van der Waals surface area (Å²) in [5.74, 6) is 1.36. The number of rotatable bonds is 5. The average Bonchev–Trinajstić information content (AvgIpc) is 3.13. The fraction of sp³-hybridized carbons (Fsp3) is 0.625. The van der Waals surface area contributed by atoms with Crippen molar-refractivity contribution in [2.24, 2.45) is 5.92 Å². The van der Waals surface area contributed by atoms with Crippen molar-refractivity contribution in [3.63, 3.8) is 0 Å². The number of carbonyl (C=O) groups excluding carboxylic acids is 1. The second-order valence-corrected chi connectivity index (χ2v) is 5.96. The molecule has 0 saturated carbocycles. The van der Waals surface area contributed by atoms with Crippen LogP contribution in [0.15, 0.2) is 23.9 Å². The minimum atomic E-state index is 0.0626. The number of carbonyl (C=O) groups is 1. The largest absolute Gasteiger partial charge is 0.381 e. The lowest BCUT2D eigenvalue weighted by molar-refractivity contribution is -0.115. The van der Waals surface area contributed by atoms with Crippen molar-refractivity contribution < 1.29 is 9.53 Å². The number of hydrogen-bond donors (Lipinski definition) is 1. The van der Waals surface area contributed by atoms with E-state index in [1.807, 2.05) is 10.7 Å². The third-order valence-corrected chi connectivity index (χ3v) is 4.21. The Hall–Kier alpha value is -1.62. The van der Waals surface area contributed by atoms with Crippen LogP contribution in [0, 0.1) is 5.92 Å². The highest BCUT2D eigenvalue weighted by Crippen LogP contribution is 2.21. The molecule has 0 radical (unpaired) electrons. The maximum absolute atomic E-state index is 12.2. The molecule has 21 heavy (non-hydrogen) atoms. The van der Waals surface area contributed by atoms with E-state index >= 15 is 0 Å². The van der Waals surface area contributed by atoms with Crippen LogP contribution in [0.3, 0.4) is 0 Å². The minimum Gasteiger partial charge on any atom is -0.381 e. The zero-order valence-electron chi connectivity index (χ0n) is 12.4. The summed E-state index contributed by atoms with van der Waals surface area (Å²) < 4.78 is 7.27. The number of amides is 1. The van der Waals surface area contributed by atoms with Crippen molar-refractivity contribution >= 4 is 11.7 Å². The predicted molar refractivity (Wildman–Crippen MR) is 81.0 cm³/mol. The highest BCUT2D eigenvalue weighted by Gasteiger charge is 2.18. The second kappa shape index (κ2) is 6.89. The summed E-state index contributed by atoms with van der Waals surface area (Å²) in [6.07, 6.45) is 10.2. The number of nitrogens with zero attached hydrogens (tertiary/aromatic N) is 2. The van der Waals surface area contributed by atoms with Crippen LogP contribution in [0.25, 0.3) is 0 Å². The van der Waals surface area contributed by atoms with Crippen molar-refractivity contribution in [2.45, 2.75) is 45.1 Å². The van der Waals surface area contributed by atoms with E-state index in [4.69, 9.17) is 4.74 Å². The maximum atomic E-state index is 12.2. The zero-order valence-corrected chi connectivity index (χ0v) is 12.4. The molecule has 2 aliphatic rings. The highest BCUT2D eigenvalue weighted by atomic mass is 16.5. The molecule has 0 spiro atoms. The van der Waals surface area contributed by atoms with Crippen molar-refractivity contribution in [1.82, 2.24) is 9.78 Å². The van der Waals surface area contributed by atoms with Gasteiger partial charge in [0.2, 0.25) is 5.91 Å². The molecule has 5 nitrogen and oxygen atoms in total. The van der Waals surface area contributed by atoms with E-state index in [0.717, 1.165) is 44.8 Å². The van der Waals surface area contributed by atoms with E-state index in [2.05, 4.69) is 16.5 Å². The molecule has 0 aromatic carbocycles. The molecule has 0 unspecified atom stereocenters. The molecule has 1 N–H and O–H groups in total. The summed E-state index contributed by atoms with van der Waals surface area (Å²) in [7, 11) is 0. The predicted octanol–water partition coefficient (Wildman–Crippen LogP) is 2.75. The molecule has 1 fully saturated rings. The topological polar surface area (TPSA) is 56.2 Å². The van der Waals surface area contributed by atoms with Gasteiger partial charge in [-0.25, -0.2) is 4.68 Å². The molecule has 1 aliphatic carbocycles. The number of aromatic nitrogens is 2. The van der Waals surface area contributed by atoms with Crippen LogP contribution in [0.1, 0.15) is 38.5 Å². The first-order chi connectivity index (χ1) is 10.3. The molecule has 114 valence electrons. The van der Waals surface area contributed by atoms with Crippen molar-refractivity contribution in [3.05, 3.63) is 23.9 Å². The molecular formula is C16H23N3O2. The van der Waals surface area contributed by atoms with Crippen molar-refractivity contribution in [3.8, 4) is 0 Å². The first-order valence-corrected chi connectivity index (χ1v) is 7.88. The van der Waals surface area contributed by atoms with Crippen molar-refractivity contribution in [1.29, 1.82) is 0 Å². The molecule has 0 bridgehead atoms. The average molecular weight is 289 g/mol. The summed E-state index contributed by atoms with van der Waals surface area (Å²) >= 11 is 0. The number of nitrogens with one attached hydrogen (secondary N) is 1. The Bertz CT molecular complexity index is 515. The number of allylic oxidation sites excluding steroid dienone is 1. The number of ether oxygens (including phenoxy) is 1. The molecule has 5 heteroatoms. The van der Waals surface area contributed by atoms with Gasteiger partial charge < -0.3 is 10.1 Å². The Morgan fingerprint density at radius 3 is 3.19 bits per heavy atom. The van der Waals surface area contributed by atoms with Gasteiger partial charge >= 0.3 is 0 Å². The van der Waals surface area contributed by atoms with Crippen LogP contribution in [-0.2, 0) is 16.1 Å². The fourth-order valence-electron chi connectivity index (χ4n) is 3.01. The van der Waals surface area contributed by atoms with Crippen LogP contribution in [-0.4, -0.2) is 28.9 Å². The Morgan fingerprint density at radius 2 is 2.43 bits per heavy atom. The van der Waals surface area contributed by atoms with E-state index < -0.39 is 0 Å². The Kier molecular flexibility index (Phi) is 4.70. The third kappa shape index (κ3) is 3.94. The van der Waals surface area contributed by atoms with E-state index in [1.54, 1.807) is 6.20 Å². The molecule has 2 heterocycles. The maximum Gasteiger partial charge on any atom is 0.229 e. The summed E-state index contributed by atoms with van der Waals surface area (Å²) in [6.45, 7) is 2.44.